The van der Waals surface area contributed by atoms with E-state index < -0.39 is 0 Å². The van der Waals surface area contributed by atoms with Crippen LogP contribution in [0.3, 0.4) is 0 Å². The Bertz CT molecular complexity index is 2890. The molecule has 3 heteroatoms. The zero-order chi connectivity index (χ0) is 36.6. The van der Waals surface area contributed by atoms with E-state index in [0.29, 0.717) is 0 Å². The Morgan fingerprint density at radius 3 is 1.25 bits per heavy atom. The highest BCUT2D eigenvalue weighted by Crippen LogP contribution is 2.42. The summed E-state index contributed by atoms with van der Waals surface area (Å²) in [5, 5.41) is 2.41. The molecule has 2 heterocycles. The molecule has 0 fully saturated rings. The third-order valence-corrected chi connectivity index (χ3v) is 11.5. The molecule has 0 saturated heterocycles. The first-order chi connectivity index (χ1) is 27.2. The van der Waals surface area contributed by atoms with Crippen LogP contribution in [-0.2, 0) is 0 Å². The molecule has 2 aromatic heterocycles. The van der Waals surface area contributed by atoms with Crippen molar-refractivity contribution in [3.63, 3.8) is 0 Å². The predicted octanol–water partition coefficient (Wildman–Crippen LogP) is 14.5. The Hall–Kier alpha value is -6.94. The lowest BCUT2D eigenvalue weighted by Gasteiger charge is -2.11. The molecule has 8 aromatic carbocycles. The Kier molecular flexibility index (Phi) is 8.40. The largest absolute Gasteiger partial charge is 0.228 e. The van der Waals surface area contributed by atoms with Crippen molar-refractivity contribution in [3.8, 4) is 78.4 Å². The van der Waals surface area contributed by atoms with Crippen LogP contribution in [0.15, 0.2) is 206 Å². The lowest BCUT2D eigenvalue weighted by molar-refractivity contribution is 1.19. The van der Waals surface area contributed by atoms with Gasteiger partial charge in [0.25, 0.3) is 0 Å². The molecule has 55 heavy (non-hydrogen) atoms. The summed E-state index contributed by atoms with van der Waals surface area (Å²) in [6.07, 6.45) is 0. The van der Waals surface area contributed by atoms with Gasteiger partial charge in [-0.1, -0.05) is 170 Å². The van der Waals surface area contributed by atoms with E-state index in [1.165, 1.54) is 64.7 Å². The molecule has 10 rings (SSSR count). The van der Waals surface area contributed by atoms with E-state index in [4.69, 9.17) is 9.97 Å². The average Bonchev–Trinajstić information content (AvgIpc) is 3.66. The highest BCUT2D eigenvalue weighted by molar-refractivity contribution is 7.26. The van der Waals surface area contributed by atoms with Gasteiger partial charge in [-0.2, -0.15) is 0 Å². The van der Waals surface area contributed by atoms with Crippen molar-refractivity contribution >= 4 is 31.5 Å². The number of aromatic nitrogens is 2. The highest BCUT2D eigenvalue weighted by Gasteiger charge is 2.17. The predicted molar refractivity (Wildman–Crippen MR) is 233 cm³/mol. The maximum absolute atomic E-state index is 5.19. The fraction of sp³-hybridized carbons (Fsp3) is 0. The summed E-state index contributed by atoms with van der Waals surface area (Å²) >= 11 is 1.82. The lowest BCUT2D eigenvalue weighted by Crippen LogP contribution is -1.96. The highest BCUT2D eigenvalue weighted by atomic mass is 32.1. The van der Waals surface area contributed by atoms with Crippen LogP contribution in [0.2, 0.25) is 0 Å². The zero-order valence-corrected chi connectivity index (χ0v) is 30.7. The molecule has 0 radical (unpaired) electrons. The van der Waals surface area contributed by atoms with Crippen molar-refractivity contribution in [2.75, 3.05) is 0 Å². The monoisotopic (exact) mass is 718 g/mol. The number of rotatable bonds is 7. The van der Waals surface area contributed by atoms with Gasteiger partial charge in [0.05, 0.1) is 11.4 Å². The molecule has 0 aliphatic carbocycles. The second kappa shape index (κ2) is 14.1. The number of hydrogen-bond acceptors (Lipinski definition) is 3. The van der Waals surface area contributed by atoms with Crippen LogP contribution in [0.25, 0.3) is 98.6 Å². The topological polar surface area (TPSA) is 25.8 Å². The Morgan fingerprint density at radius 1 is 0.291 bits per heavy atom. The minimum Gasteiger partial charge on any atom is -0.228 e. The quantitative estimate of drug-likeness (QED) is 0.164. The second-order valence-corrected chi connectivity index (χ2v) is 14.9. The van der Waals surface area contributed by atoms with E-state index in [1.54, 1.807) is 0 Å². The van der Waals surface area contributed by atoms with Crippen molar-refractivity contribution in [3.05, 3.63) is 206 Å². The molecule has 0 bridgehead atoms. The first kappa shape index (κ1) is 32.7. The van der Waals surface area contributed by atoms with Gasteiger partial charge in [-0.15, -0.1) is 11.3 Å². The summed E-state index contributed by atoms with van der Waals surface area (Å²) in [6, 6.07) is 73.4. The smallest absolute Gasteiger partial charge is 0.161 e. The van der Waals surface area contributed by atoms with Gasteiger partial charge >= 0.3 is 0 Å². The van der Waals surface area contributed by atoms with Gasteiger partial charge in [-0.25, -0.2) is 9.97 Å². The summed E-state index contributed by atoms with van der Waals surface area (Å²) in [5.41, 5.74) is 14.6. The molecule has 0 unspecified atom stereocenters. The minimum absolute atomic E-state index is 0.731. The Balaban J connectivity index is 1.01. The SMILES string of the molecule is c1ccc(-c2cccc(-c3cccc(-c4ccc(-c5ccc6sc7cccc(-c8nc(-c9ccccc9)cc(-c9ccccc9)n8)c7c6c5)cc4)c3)c2)cc1. The number of thiophene rings is 1. The van der Waals surface area contributed by atoms with E-state index in [9.17, 15) is 0 Å². The van der Waals surface area contributed by atoms with Gasteiger partial charge in [0, 0.05) is 36.9 Å². The van der Waals surface area contributed by atoms with Crippen molar-refractivity contribution in [1.29, 1.82) is 0 Å². The van der Waals surface area contributed by atoms with Crippen LogP contribution in [0.5, 0.6) is 0 Å². The molecule has 10 aromatic rings. The fourth-order valence-corrected chi connectivity index (χ4v) is 8.63. The lowest BCUT2D eigenvalue weighted by atomic mass is 9.95. The third kappa shape index (κ3) is 6.41. The summed E-state index contributed by atoms with van der Waals surface area (Å²) in [5.74, 6) is 0.731. The normalized spacial score (nSPS) is 11.3. The van der Waals surface area contributed by atoms with Crippen LogP contribution in [0.4, 0.5) is 0 Å². The summed E-state index contributed by atoms with van der Waals surface area (Å²) < 4.78 is 2.47. The van der Waals surface area contributed by atoms with Crippen LogP contribution in [-0.4, -0.2) is 9.97 Å². The number of hydrogen-bond donors (Lipinski definition) is 0. The van der Waals surface area contributed by atoms with Crippen molar-refractivity contribution in [2.45, 2.75) is 0 Å². The maximum Gasteiger partial charge on any atom is 0.161 e. The molecule has 258 valence electrons. The van der Waals surface area contributed by atoms with Gasteiger partial charge < -0.3 is 0 Å². The summed E-state index contributed by atoms with van der Waals surface area (Å²) in [4.78, 5) is 10.4. The molecule has 2 nitrogen and oxygen atoms in total. The Labute approximate surface area is 324 Å². The van der Waals surface area contributed by atoms with Gasteiger partial charge in [-0.05, 0) is 80.9 Å². The molecular formula is C52H34N2S. The van der Waals surface area contributed by atoms with Crippen molar-refractivity contribution in [2.24, 2.45) is 0 Å². The first-order valence-corrected chi connectivity index (χ1v) is 19.4. The molecule has 0 spiro atoms. The summed E-state index contributed by atoms with van der Waals surface area (Å²) in [6.45, 7) is 0. The zero-order valence-electron chi connectivity index (χ0n) is 29.9. The van der Waals surface area contributed by atoms with Gasteiger partial charge in [-0.3, -0.25) is 0 Å². The number of nitrogens with zero attached hydrogens (tertiary/aromatic N) is 2. The van der Waals surface area contributed by atoms with E-state index >= 15 is 0 Å². The van der Waals surface area contributed by atoms with Crippen molar-refractivity contribution < 1.29 is 0 Å². The number of fused-ring (bicyclic) bond motifs is 3. The molecule has 0 aliphatic rings. The minimum atomic E-state index is 0.731. The van der Waals surface area contributed by atoms with E-state index in [-0.39, 0.29) is 0 Å². The summed E-state index contributed by atoms with van der Waals surface area (Å²) in [7, 11) is 0. The molecule has 0 saturated carbocycles. The van der Waals surface area contributed by atoms with Gasteiger partial charge in [0.2, 0.25) is 0 Å². The van der Waals surface area contributed by atoms with Crippen LogP contribution >= 0.6 is 11.3 Å². The Morgan fingerprint density at radius 2 is 0.709 bits per heavy atom. The molecule has 0 aliphatic heterocycles. The van der Waals surface area contributed by atoms with Crippen LogP contribution < -0.4 is 0 Å². The molecule has 0 atom stereocenters. The van der Waals surface area contributed by atoms with E-state index in [0.717, 1.165) is 33.9 Å². The van der Waals surface area contributed by atoms with Gasteiger partial charge in [0.1, 0.15) is 0 Å². The second-order valence-electron chi connectivity index (χ2n) is 13.8. The first-order valence-electron chi connectivity index (χ1n) is 18.6. The standard InChI is InChI=1S/C52H34N2S/c1-4-13-35(14-5-1)40-19-10-21-42(31-40)43-22-11-20-41(32-43)36-25-27-37(28-26-36)44-29-30-49-46(33-44)51-45(23-12-24-50(51)55-49)52-53-47(38-15-6-2-7-16-38)34-48(54-52)39-17-8-3-9-18-39/h1-34H. The third-order valence-electron chi connectivity index (χ3n) is 10.3. The van der Waals surface area contributed by atoms with Crippen LogP contribution in [0.1, 0.15) is 0 Å². The molecule has 0 N–H and O–H groups in total. The van der Waals surface area contributed by atoms with Crippen molar-refractivity contribution in [1.82, 2.24) is 9.97 Å². The van der Waals surface area contributed by atoms with E-state index in [1.807, 2.05) is 23.5 Å². The maximum atomic E-state index is 5.19. The van der Waals surface area contributed by atoms with E-state index in [2.05, 4.69) is 194 Å². The van der Waals surface area contributed by atoms with Crippen LogP contribution in [0, 0.1) is 0 Å². The number of benzene rings is 8. The average molecular weight is 719 g/mol. The molecule has 0 amide bonds. The van der Waals surface area contributed by atoms with Gasteiger partial charge in [0.15, 0.2) is 5.82 Å². The molecular weight excluding hydrogens is 685 g/mol. The fourth-order valence-electron chi connectivity index (χ4n) is 7.52.